The van der Waals surface area contributed by atoms with E-state index in [1.54, 1.807) is 0 Å². The normalized spacial score (nSPS) is 22.5. The van der Waals surface area contributed by atoms with Crippen molar-refractivity contribution >= 4 is 5.95 Å². The van der Waals surface area contributed by atoms with Crippen molar-refractivity contribution in [2.45, 2.75) is 51.5 Å². The quantitative estimate of drug-likeness (QED) is 0.889. The van der Waals surface area contributed by atoms with Crippen LogP contribution in [0.2, 0.25) is 0 Å². The van der Waals surface area contributed by atoms with Gasteiger partial charge in [-0.1, -0.05) is 19.3 Å². The smallest absolute Gasteiger partial charge is 0.206 e. The molecule has 4 nitrogen and oxygen atoms in total. The van der Waals surface area contributed by atoms with Gasteiger partial charge in [-0.2, -0.15) is 0 Å². The molecule has 19 heavy (non-hydrogen) atoms. The fraction of sp³-hybridized carbons (Fsp3) is 0.800. The molecule has 1 saturated heterocycles. The maximum Gasteiger partial charge on any atom is 0.206 e. The second-order valence-corrected chi connectivity index (χ2v) is 5.97. The van der Waals surface area contributed by atoms with Crippen LogP contribution in [0.4, 0.5) is 5.95 Å². The van der Waals surface area contributed by atoms with E-state index < -0.39 is 0 Å². The Kier molecular flexibility index (Phi) is 4.06. The Morgan fingerprint density at radius 1 is 1.11 bits per heavy atom. The second kappa shape index (κ2) is 5.95. The average Bonchev–Trinajstić information content (AvgIpc) is 2.66. The van der Waals surface area contributed by atoms with Gasteiger partial charge >= 0.3 is 0 Å². The minimum Gasteiger partial charge on any atom is -0.341 e. The number of aromatic nitrogens is 2. The monoisotopic (exact) mass is 262 g/mol. The second-order valence-electron chi connectivity index (χ2n) is 5.97. The summed E-state index contributed by atoms with van der Waals surface area (Å²) in [6.07, 6.45) is 10.3. The Morgan fingerprint density at radius 3 is 2.79 bits per heavy atom. The fourth-order valence-electron chi connectivity index (χ4n) is 3.41. The molecule has 3 rings (SSSR count). The SMILES string of the molecule is Cc1cn(C2CCCCC2)c(N2CCCNCC2)n1. The van der Waals surface area contributed by atoms with E-state index in [4.69, 9.17) is 4.98 Å². The fourth-order valence-corrected chi connectivity index (χ4v) is 3.41. The van der Waals surface area contributed by atoms with Crippen LogP contribution in [-0.4, -0.2) is 35.7 Å². The van der Waals surface area contributed by atoms with Crippen molar-refractivity contribution in [3.63, 3.8) is 0 Å². The van der Waals surface area contributed by atoms with Crippen LogP contribution < -0.4 is 10.2 Å². The molecule has 0 bridgehead atoms. The number of nitrogens with zero attached hydrogens (tertiary/aromatic N) is 3. The Labute approximate surface area is 116 Å². The molecule has 106 valence electrons. The van der Waals surface area contributed by atoms with Crippen molar-refractivity contribution in [2.24, 2.45) is 0 Å². The third kappa shape index (κ3) is 2.94. The number of anilines is 1. The van der Waals surface area contributed by atoms with Gasteiger partial charge in [0.2, 0.25) is 5.95 Å². The van der Waals surface area contributed by atoms with Crippen LogP contribution in [-0.2, 0) is 0 Å². The number of aryl methyl sites for hydroxylation is 1. The van der Waals surface area contributed by atoms with Crippen molar-refractivity contribution in [3.05, 3.63) is 11.9 Å². The van der Waals surface area contributed by atoms with Crippen LogP contribution in [0.25, 0.3) is 0 Å². The molecule has 0 unspecified atom stereocenters. The van der Waals surface area contributed by atoms with E-state index >= 15 is 0 Å². The van der Waals surface area contributed by atoms with Crippen LogP contribution in [0.3, 0.4) is 0 Å². The predicted octanol–water partition coefficient (Wildman–Crippen LogP) is 2.50. The van der Waals surface area contributed by atoms with Gasteiger partial charge in [-0.25, -0.2) is 4.98 Å². The summed E-state index contributed by atoms with van der Waals surface area (Å²) in [6, 6.07) is 0.682. The lowest BCUT2D eigenvalue weighted by Crippen LogP contribution is -2.31. The molecule has 4 heteroatoms. The number of imidazole rings is 1. The molecule has 1 aliphatic heterocycles. The lowest BCUT2D eigenvalue weighted by atomic mass is 9.95. The first-order valence-corrected chi connectivity index (χ1v) is 7.86. The van der Waals surface area contributed by atoms with Crippen LogP contribution in [0, 0.1) is 6.92 Å². The lowest BCUT2D eigenvalue weighted by Gasteiger charge is -2.29. The van der Waals surface area contributed by atoms with E-state index in [1.165, 1.54) is 44.5 Å². The minimum absolute atomic E-state index is 0.682. The molecule has 0 spiro atoms. The molecule has 0 radical (unpaired) electrons. The van der Waals surface area contributed by atoms with Crippen LogP contribution in [0.5, 0.6) is 0 Å². The topological polar surface area (TPSA) is 33.1 Å². The third-order valence-electron chi connectivity index (χ3n) is 4.42. The standard InChI is InChI=1S/C15H26N4/c1-13-12-19(14-6-3-2-4-7-14)15(17-13)18-10-5-8-16-9-11-18/h12,14,16H,2-11H2,1H3. The number of hydrogen-bond donors (Lipinski definition) is 1. The van der Waals surface area contributed by atoms with Gasteiger partial charge in [-0.3, -0.25) is 0 Å². The molecular weight excluding hydrogens is 236 g/mol. The summed E-state index contributed by atoms with van der Waals surface area (Å²) in [7, 11) is 0. The van der Waals surface area contributed by atoms with Gasteiger partial charge < -0.3 is 14.8 Å². The van der Waals surface area contributed by atoms with Crippen molar-refractivity contribution in [1.29, 1.82) is 0 Å². The highest BCUT2D eigenvalue weighted by Crippen LogP contribution is 2.32. The molecule has 2 heterocycles. The van der Waals surface area contributed by atoms with Crippen LogP contribution in [0.1, 0.15) is 50.3 Å². The zero-order valence-electron chi connectivity index (χ0n) is 12.1. The van der Waals surface area contributed by atoms with E-state index in [0.717, 1.165) is 31.9 Å². The highest BCUT2D eigenvalue weighted by atomic mass is 15.3. The molecule has 1 aromatic rings. The zero-order valence-corrected chi connectivity index (χ0v) is 12.1. The molecule has 1 saturated carbocycles. The number of nitrogens with one attached hydrogen (secondary N) is 1. The number of rotatable bonds is 2. The Bertz CT molecular complexity index is 398. The summed E-state index contributed by atoms with van der Waals surface area (Å²) >= 11 is 0. The molecule has 1 N–H and O–H groups in total. The Hall–Kier alpha value is -1.03. The van der Waals surface area contributed by atoms with E-state index in [9.17, 15) is 0 Å². The summed E-state index contributed by atoms with van der Waals surface area (Å²) in [5.74, 6) is 1.22. The molecule has 1 aliphatic carbocycles. The maximum absolute atomic E-state index is 4.81. The minimum atomic E-state index is 0.682. The van der Waals surface area contributed by atoms with E-state index in [0.29, 0.717) is 6.04 Å². The van der Waals surface area contributed by atoms with Crippen molar-refractivity contribution in [2.75, 3.05) is 31.1 Å². The molecular formula is C15H26N4. The first-order valence-electron chi connectivity index (χ1n) is 7.86. The van der Waals surface area contributed by atoms with E-state index in [1.807, 2.05) is 0 Å². The number of hydrogen-bond acceptors (Lipinski definition) is 3. The summed E-state index contributed by atoms with van der Waals surface area (Å²) in [4.78, 5) is 7.29. The predicted molar refractivity (Wildman–Crippen MR) is 78.8 cm³/mol. The van der Waals surface area contributed by atoms with Crippen LogP contribution in [0.15, 0.2) is 6.20 Å². The molecule has 0 atom stereocenters. The molecule has 2 aliphatic rings. The van der Waals surface area contributed by atoms with Gasteiger partial charge in [0.25, 0.3) is 0 Å². The van der Waals surface area contributed by atoms with Gasteiger partial charge in [0.05, 0.1) is 5.69 Å². The zero-order chi connectivity index (χ0) is 13.1. The largest absolute Gasteiger partial charge is 0.341 e. The van der Waals surface area contributed by atoms with Gasteiger partial charge in [-0.05, 0) is 32.7 Å². The van der Waals surface area contributed by atoms with Gasteiger partial charge in [0.15, 0.2) is 0 Å². The first-order chi connectivity index (χ1) is 9.34. The first kappa shape index (κ1) is 13.0. The third-order valence-corrected chi connectivity index (χ3v) is 4.42. The van der Waals surface area contributed by atoms with Crippen molar-refractivity contribution in [3.8, 4) is 0 Å². The molecule has 0 amide bonds. The van der Waals surface area contributed by atoms with Gasteiger partial charge in [0.1, 0.15) is 0 Å². The Morgan fingerprint density at radius 2 is 1.95 bits per heavy atom. The highest BCUT2D eigenvalue weighted by molar-refractivity contribution is 5.34. The van der Waals surface area contributed by atoms with E-state index in [2.05, 4.69) is 27.9 Å². The van der Waals surface area contributed by atoms with Gasteiger partial charge in [-0.15, -0.1) is 0 Å². The molecule has 2 fully saturated rings. The summed E-state index contributed by atoms with van der Waals surface area (Å²) in [6.45, 7) is 6.56. The Balaban J connectivity index is 1.82. The lowest BCUT2D eigenvalue weighted by molar-refractivity contribution is 0.353. The van der Waals surface area contributed by atoms with Crippen LogP contribution >= 0.6 is 0 Å². The summed E-state index contributed by atoms with van der Waals surface area (Å²) < 4.78 is 2.47. The molecule has 0 aromatic carbocycles. The summed E-state index contributed by atoms with van der Waals surface area (Å²) in [5, 5.41) is 3.47. The average molecular weight is 262 g/mol. The van der Waals surface area contributed by atoms with E-state index in [-0.39, 0.29) is 0 Å². The molecule has 1 aromatic heterocycles. The van der Waals surface area contributed by atoms with Crippen molar-refractivity contribution in [1.82, 2.24) is 14.9 Å². The highest BCUT2D eigenvalue weighted by Gasteiger charge is 2.22. The van der Waals surface area contributed by atoms with Crippen molar-refractivity contribution < 1.29 is 0 Å². The van der Waals surface area contributed by atoms with Gasteiger partial charge in [0, 0.05) is 31.9 Å². The summed E-state index contributed by atoms with van der Waals surface area (Å²) in [5.41, 5.74) is 1.16. The maximum atomic E-state index is 4.81.